The third-order valence-electron chi connectivity index (χ3n) is 3.20. The minimum absolute atomic E-state index is 0.226. The standard InChI is InChI=1S/C15H22BrN3O2/c1-15(2,3)21-14(20)19-5-4-13(10-19)18-8-11-6-12(16)9-17-7-11/h6-7,9,13,18H,4-5,8,10H2,1-3H3. The molecule has 0 aromatic carbocycles. The van der Waals surface area contributed by atoms with Crippen LogP contribution in [0.2, 0.25) is 0 Å². The van der Waals surface area contributed by atoms with Crippen molar-refractivity contribution < 1.29 is 9.53 Å². The van der Waals surface area contributed by atoms with E-state index in [-0.39, 0.29) is 6.09 Å². The summed E-state index contributed by atoms with van der Waals surface area (Å²) in [7, 11) is 0. The number of aromatic nitrogens is 1. The summed E-state index contributed by atoms with van der Waals surface area (Å²) in [5.74, 6) is 0. The highest BCUT2D eigenvalue weighted by Crippen LogP contribution is 2.16. The summed E-state index contributed by atoms with van der Waals surface area (Å²) in [5.41, 5.74) is 0.685. The third-order valence-corrected chi connectivity index (χ3v) is 3.63. The highest BCUT2D eigenvalue weighted by molar-refractivity contribution is 9.10. The van der Waals surface area contributed by atoms with Gasteiger partial charge in [-0.2, -0.15) is 0 Å². The van der Waals surface area contributed by atoms with Crippen LogP contribution in [-0.2, 0) is 11.3 Å². The zero-order valence-electron chi connectivity index (χ0n) is 12.7. The van der Waals surface area contributed by atoms with E-state index in [1.807, 2.05) is 33.0 Å². The molecular weight excluding hydrogens is 334 g/mol. The molecule has 1 unspecified atom stereocenters. The number of nitrogens with one attached hydrogen (secondary N) is 1. The van der Waals surface area contributed by atoms with Crippen LogP contribution >= 0.6 is 15.9 Å². The Bertz CT molecular complexity index is 502. The van der Waals surface area contributed by atoms with E-state index in [1.54, 1.807) is 11.1 Å². The first kappa shape index (κ1) is 16.2. The van der Waals surface area contributed by atoms with Gasteiger partial charge in [0, 0.05) is 42.5 Å². The number of carbonyl (C=O) groups is 1. The van der Waals surface area contributed by atoms with Crippen molar-refractivity contribution in [1.82, 2.24) is 15.2 Å². The number of hydrogen-bond acceptors (Lipinski definition) is 4. The van der Waals surface area contributed by atoms with Crippen LogP contribution in [0.3, 0.4) is 0 Å². The van der Waals surface area contributed by atoms with Crippen LogP contribution < -0.4 is 5.32 Å². The van der Waals surface area contributed by atoms with Gasteiger partial charge in [0.05, 0.1) is 0 Å². The predicted octanol–water partition coefficient (Wildman–Crippen LogP) is 2.94. The molecule has 1 aromatic rings. The Balaban J connectivity index is 1.79. The van der Waals surface area contributed by atoms with E-state index in [0.717, 1.165) is 29.5 Å². The summed E-state index contributed by atoms with van der Waals surface area (Å²) in [5, 5.41) is 3.46. The molecule has 2 heterocycles. The van der Waals surface area contributed by atoms with Gasteiger partial charge in [0.25, 0.3) is 0 Å². The van der Waals surface area contributed by atoms with Crippen molar-refractivity contribution in [2.24, 2.45) is 0 Å². The minimum Gasteiger partial charge on any atom is -0.444 e. The maximum atomic E-state index is 12.0. The van der Waals surface area contributed by atoms with Crippen molar-refractivity contribution in [1.29, 1.82) is 0 Å². The van der Waals surface area contributed by atoms with Crippen LogP contribution in [0, 0.1) is 0 Å². The SMILES string of the molecule is CC(C)(C)OC(=O)N1CCC(NCc2cncc(Br)c2)C1. The molecule has 0 bridgehead atoms. The zero-order chi connectivity index (χ0) is 15.5. The normalized spacial score (nSPS) is 18.9. The van der Waals surface area contributed by atoms with E-state index in [2.05, 4.69) is 26.2 Å². The second kappa shape index (κ2) is 6.75. The van der Waals surface area contributed by atoms with Crippen molar-refractivity contribution in [2.45, 2.75) is 45.4 Å². The lowest BCUT2D eigenvalue weighted by Gasteiger charge is -2.24. The number of hydrogen-bond donors (Lipinski definition) is 1. The van der Waals surface area contributed by atoms with E-state index < -0.39 is 5.60 Å². The second-order valence-electron chi connectivity index (χ2n) is 6.30. The maximum Gasteiger partial charge on any atom is 0.410 e. The quantitative estimate of drug-likeness (QED) is 0.905. The molecule has 0 spiro atoms. The number of pyridine rings is 1. The first-order valence-corrected chi connectivity index (χ1v) is 7.93. The summed E-state index contributed by atoms with van der Waals surface area (Å²) in [6, 6.07) is 2.34. The van der Waals surface area contributed by atoms with E-state index in [4.69, 9.17) is 4.74 Å². The van der Waals surface area contributed by atoms with Gasteiger partial charge in [-0.25, -0.2) is 4.79 Å². The average Bonchev–Trinajstić information content (AvgIpc) is 2.83. The fraction of sp³-hybridized carbons (Fsp3) is 0.600. The fourth-order valence-corrected chi connectivity index (χ4v) is 2.65. The molecule has 5 nitrogen and oxygen atoms in total. The molecule has 0 aliphatic carbocycles. The Kier molecular flexibility index (Phi) is 5.22. The van der Waals surface area contributed by atoms with Crippen LogP contribution in [0.15, 0.2) is 22.9 Å². The van der Waals surface area contributed by atoms with Gasteiger partial charge in [0.1, 0.15) is 5.60 Å². The van der Waals surface area contributed by atoms with E-state index in [0.29, 0.717) is 12.6 Å². The van der Waals surface area contributed by atoms with Crippen LogP contribution in [0.4, 0.5) is 4.79 Å². The molecule has 0 saturated carbocycles. The molecule has 1 aromatic heterocycles. The van der Waals surface area contributed by atoms with Gasteiger partial charge in [0.15, 0.2) is 0 Å². The molecule has 1 fully saturated rings. The van der Waals surface area contributed by atoms with Gasteiger partial charge in [-0.3, -0.25) is 4.98 Å². The molecule has 1 amide bonds. The second-order valence-corrected chi connectivity index (χ2v) is 7.22. The molecule has 1 N–H and O–H groups in total. The molecule has 116 valence electrons. The predicted molar refractivity (Wildman–Crippen MR) is 85.0 cm³/mol. The molecule has 0 radical (unpaired) electrons. The van der Waals surface area contributed by atoms with Crippen LogP contribution in [-0.4, -0.2) is 40.7 Å². The Hall–Kier alpha value is -1.14. The Morgan fingerprint density at radius 2 is 2.29 bits per heavy atom. The molecule has 2 rings (SSSR count). The molecule has 21 heavy (non-hydrogen) atoms. The van der Waals surface area contributed by atoms with Gasteiger partial charge in [0.2, 0.25) is 0 Å². The lowest BCUT2D eigenvalue weighted by molar-refractivity contribution is 0.0291. The summed E-state index contributed by atoms with van der Waals surface area (Å²) >= 11 is 3.41. The molecule has 1 aliphatic heterocycles. The van der Waals surface area contributed by atoms with Crippen molar-refractivity contribution in [3.63, 3.8) is 0 Å². The third kappa shape index (κ3) is 5.28. The van der Waals surface area contributed by atoms with Crippen molar-refractivity contribution >= 4 is 22.0 Å². The van der Waals surface area contributed by atoms with Gasteiger partial charge in [-0.15, -0.1) is 0 Å². The van der Waals surface area contributed by atoms with E-state index in [9.17, 15) is 4.79 Å². The van der Waals surface area contributed by atoms with Crippen LogP contribution in [0.1, 0.15) is 32.8 Å². The highest BCUT2D eigenvalue weighted by Gasteiger charge is 2.29. The highest BCUT2D eigenvalue weighted by atomic mass is 79.9. The van der Waals surface area contributed by atoms with Gasteiger partial charge in [-0.05, 0) is 54.8 Å². The number of carbonyl (C=O) groups excluding carboxylic acids is 1. The summed E-state index contributed by atoms with van der Waals surface area (Å²) in [6.45, 7) is 7.84. The number of halogens is 1. The van der Waals surface area contributed by atoms with Crippen LogP contribution in [0.5, 0.6) is 0 Å². The Morgan fingerprint density at radius 3 is 2.95 bits per heavy atom. The number of rotatable bonds is 3. The van der Waals surface area contributed by atoms with Gasteiger partial charge < -0.3 is 15.0 Å². The molecule has 1 saturated heterocycles. The number of amides is 1. The molecular formula is C15H22BrN3O2. The maximum absolute atomic E-state index is 12.0. The lowest BCUT2D eigenvalue weighted by Crippen LogP contribution is -2.38. The number of nitrogens with zero attached hydrogens (tertiary/aromatic N) is 2. The van der Waals surface area contributed by atoms with Crippen molar-refractivity contribution in [2.75, 3.05) is 13.1 Å². The number of likely N-dealkylation sites (tertiary alicyclic amines) is 1. The summed E-state index contributed by atoms with van der Waals surface area (Å²) in [4.78, 5) is 17.9. The monoisotopic (exact) mass is 355 g/mol. The Morgan fingerprint density at radius 1 is 1.52 bits per heavy atom. The first-order valence-electron chi connectivity index (χ1n) is 7.14. The van der Waals surface area contributed by atoms with E-state index >= 15 is 0 Å². The molecule has 6 heteroatoms. The van der Waals surface area contributed by atoms with Crippen LogP contribution in [0.25, 0.3) is 0 Å². The zero-order valence-corrected chi connectivity index (χ0v) is 14.3. The number of ether oxygens (including phenoxy) is 1. The minimum atomic E-state index is -0.440. The van der Waals surface area contributed by atoms with Crippen molar-refractivity contribution in [3.05, 3.63) is 28.5 Å². The topological polar surface area (TPSA) is 54.5 Å². The smallest absolute Gasteiger partial charge is 0.410 e. The first-order chi connectivity index (χ1) is 9.83. The largest absolute Gasteiger partial charge is 0.444 e. The average molecular weight is 356 g/mol. The summed E-state index contributed by atoms with van der Waals surface area (Å²) in [6.07, 6.45) is 4.33. The molecule has 1 atom stereocenters. The fourth-order valence-electron chi connectivity index (χ4n) is 2.23. The summed E-state index contributed by atoms with van der Waals surface area (Å²) < 4.78 is 6.37. The molecule has 1 aliphatic rings. The lowest BCUT2D eigenvalue weighted by atomic mass is 10.2. The van der Waals surface area contributed by atoms with Gasteiger partial charge in [-0.1, -0.05) is 0 Å². The Labute approximate surface area is 134 Å². The van der Waals surface area contributed by atoms with E-state index in [1.165, 1.54) is 0 Å². The van der Waals surface area contributed by atoms with Gasteiger partial charge >= 0.3 is 6.09 Å². The van der Waals surface area contributed by atoms with Crippen molar-refractivity contribution in [3.8, 4) is 0 Å².